The number of H-pyrrole nitrogens is 1. The zero-order valence-electron chi connectivity index (χ0n) is 24.7. The van der Waals surface area contributed by atoms with E-state index in [0.717, 1.165) is 17.5 Å². The molecule has 2 fully saturated rings. The van der Waals surface area contributed by atoms with E-state index in [1.165, 1.54) is 17.1 Å². The number of carboxylic acid groups (broad SMARTS) is 1. The number of hydrogen-bond acceptors (Lipinski definition) is 6. The molecule has 1 amide bonds. The van der Waals surface area contributed by atoms with Crippen LogP contribution in [-0.2, 0) is 9.59 Å². The lowest BCUT2D eigenvalue weighted by Gasteiger charge is -2.31. The number of likely N-dealkylation sites (tertiary alicyclic amines) is 1. The summed E-state index contributed by atoms with van der Waals surface area (Å²) in [6.45, 7) is 0.852. The zero-order valence-corrected chi connectivity index (χ0v) is 25.5. The highest BCUT2D eigenvalue weighted by Gasteiger charge is 2.47. The molecule has 11 nitrogen and oxygen atoms in total. The first kappa shape index (κ1) is 29.7. The van der Waals surface area contributed by atoms with Gasteiger partial charge in [-0.3, -0.25) is 19.3 Å². The van der Waals surface area contributed by atoms with Crippen molar-refractivity contribution in [2.24, 2.45) is 17.8 Å². The standard InChI is InChI=1S/C33H30ClFN8O3/c34-26-9-11-28(43-19-37-39-40-43)30(31(26)35)21-8-10-27(36-15-21)29(42-18-24(16-38-42)20-5-2-1-3-6-20)14-23-13-25(23)32(44)41-12-4-7-22(17-41)33(45)46/h1-3,5-6,8-11,15-16,18-19,22-23,25,29H,4,7,12-14,17H2,(H,45,46)/p+1/t22?,23-,25+,29?/m1/s1. The number of carbonyl (C=O) groups is 2. The number of amides is 1. The number of aliphatic carboxylic acids is 1. The van der Waals surface area contributed by atoms with Gasteiger partial charge in [0.1, 0.15) is 10.8 Å². The minimum atomic E-state index is -0.850. The van der Waals surface area contributed by atoms with Crippen LogP contribution in [-0.4, -0.2) is 65.3 Å². The Kier molecular flexibility index (Phi) is 8.03. The van der Waals surface area contributed by atoms with Crippen molar-refractivity contribution >= 4 is 23.5 Å². The summed E-state index contributed by atoms with van der Waals surface area (Å²) in [6, 6.07) is 16.5. The molecule has 5 aromatic rings. The molecule has 4 atom stereocenters. The molecule has 1 aliphatic carbocycles. The van der Waals surface area contributed by atoms with Crippen LogP contribution in [0.3, 0.4) is 0 Å². The molecule has 4 heterocycles. The molecule has 1 saturated carbocycles. The monoisotopic (exact) mass is 641 g/mol. The number of nitrogens with zero attached hydrogens (tertiary/aromatic N) is 7. The Morgan fingerprint density at radius 3 is 2.67 bits per heavy atom. The maximum absolute atomic E-state index is 15.4. The van der Waals surface area contributed by atoms with Crippen LogP contribution < -0.4 is 4.68 Å². The Balaban J connectivity index is 1.18. The molecule has 0 bridgehead atoms. The average molecular weight is 642 g/mol. The van der Waals surface area contributed by atoms with E-state index in [4.69, 9.17) is 21.7 Å². The van der Waals surface area contributed by atoms with Gasteiger partial charge < -0.3 is 10.0 Å². The van der Waals surface area contributed by atoms with Gasteiger partial charge in [-0.15, -0.1) is 4.68 Å². The van der Waals surface area contributed by atoms with Crippen molar-refractivity contribution in [1.29, 1.82) is 0 Å². The summed E-state index contributed by atoms with van der Waals surface area (Å²) in [5.41, 5.74) is 3.94. The first-order valence-electron chi connectivity index (χ1n) is 15.2. The summed E-state index contributed by atoms with van der Waals surface area (Å²) in [4.78, 5) is 31.5. The number of nitrogens with one attached hydrogen (secondary N) is 1. The molecular formula is C33H31ClFN8O3+. The summed E-state index contributed by atoms with van der Waals surface area (Å²) in [7, 11) is 0. The molecule has 3 aromatic heterocycles. The molecule has 234 valence electrons. The van der Waals surface area contributed by atoms with Crippen LogP contribution in [0.15, 0.2) is 79.5 Å². The van der Waals surface area contributed by atoms with Crippen LogP contribution in [0.1, 0.15) is 37.4 Å². The van der Waals surface area contributed by atoms with Crippen molar-refractivity contribution in [3.05, 3.63) is 96.0 Å². The number of benzene rings is 2. The van der Waals surface area contributed by atoms with Crippen LogP contribution >= 0.6 is 11.6 Å². The maximum atomic E-state index is 15.4. The minimum Gasteiger partial charge on any atom is -0.481 e. The second-order valence-electron chi connectivity index (χ2n) is 11.9. The summed E-state index contributed by atoms with van der Waals surface area (Å²) in [6.07, 6.45) is 9.47. The van der Waals surface area contributed by atoms with Crippen molar-refractivity contribution in [3.63, 3.8) is 0 Å². The highest BCUT2D eigenvalue weighted by molar-refractivity contribution is 6.31. The van der Waals surface area contributed by atoms with Gasteiger partial charge in [-0.1, -0.05) is 53.2 Å². The Bertz CT molecular complexity index is 1870. The largest absolute Gasteiger partial charge is 0.481 e. The molecule has 7 rings (SSSR count). The molecule has 13 heteroatoms. The number of aromatic amines is 1. The Hall–Kier alpha value is -4.97. The van der Waals surface area contributed by atoms with E-state index in [1.807, 2.05) is 53.5 Å². The van der Waals surface area contributed by atoms with Crippen molar-refractivity contribution in [2.45, 2.75) is 31.7 Å². The average Bonchev–Trinajstić information content (AvgIpc) is 3.41. The van der Waals surface area contributed by atoms with Crippen LogP contribution in [0.4, 0.5) is 4.39 Å². The molecule has 2 aromatic carbocycles. The van der Waals surface area contributed by atoms with E-state index in [9.17, 15) is 14.7 Å². The predicted molar refractivity (Wildman–Crippen MR) is 165 cm³/mol. The highest BCUT2D eigenvalue weighted by Crippen LogP contribution is 2.47. The highest BCUT2D eigenvalue weighted by atomic mass is 35.5. The molecule has 1 aliphatic heterocycles. The van der Waals surface area contributed by atoms with Gasteiger partial charge in [0.2, 0.25) is 5.91 Å². The number of carbonyl (C=O) groups excluding carboxylic acids is 1. The smallest absolute Gasteiger partial charge is 0.308 e. The third-order valence-electron chi connectivity index (χ3n) is 9.00. The first-order chi connectivity index (χ1) is 22.4. The number of tetrazole rings is 1. The summed E-state index contributed by atoms with van der Waals surface area (Å²) in [5, 5.41) is 24.4. The van der Waals surface area contributed by atoms with E-state index in [-0.39, 0.29) is 40.9 Å². The summed E-state index contributed by atoms with van der Waals surface area (Å²) < 4.78 is 18.8. The van der Waals surface area contributed by atoms with Gasteiger partial charge in [0.25, 0.3) is 6.33 Å². The normalized spacial score (nSPS) is 20.0. The SMILES string of the molecule is O=C(O)C1CCCN(C(=O)[C@H]2C[C@@H]2CC(c2ccc(-c3c(-[n+]4cnn[nH]4)ccc(Cl)c3F)cn2)n2cc(-c3ccccc3)cn2)C1. The van der Waals surface area contributed by atoms with Crippen molar-refractivity contribution < 1.29 is 23.8 Å². The van der Waals surface area contributed by atoms with Crippen LogP contribution in [0, 0.1) is 23.6 Å². The zero-order chi connectivity index (χ0) is 31.8. The number of hydrogen-bond donors (Lipinski definition) is 2. The summed E-state index contributed by atoms with van der Waals surface area (Å²) in [5.74, 6) is -2.00. The maximum Gasteiger partial charge on any atom is 0.308 e. The summed E-state index contributed by atoms with van der Waals surface area (Å²) >= 11 is 6.18. The van der Waals surface area contributed by atoms with Crippen molar-refractivity contribution in [2.75, 3.05) is 13.1 Å². The third-order valence-corrected chi connectivity index (χ3v) is 9.29. The van der Waals surface area contributed by atoms with E-state index in [1.54, 1.807) is 23.2 Å². The number of aromatic nitrogens is 7. The van der Waals surface area contributed by atoms with Gasteiger partial charge in [0.15, 0.2) is 11.0 Å². The fourth-order valence-corrected chi connectivity index (χ4v) is 6.58. The number of carboxylic acids is 1. The van der Waals surface area contributed by atoms with E-state index < -0.39 is 17.7 Å². The van der Waals surface area contributed by atoms with Gasteiger partial charge in [-0.2, -0.15) is 5.10 Å². The van der Waals surface area contributed by atoms with Gasteiger partial charge in [-0.25, -0.2) is 4.39 Å². The van der Waals surface area contributed by atoms with Gasteiger partial charge in [0.05, 0.1) is 34.4 Å². The third kappa shape index (κ3) is 5.87. The molecule has 0 spiro atoms. The van der Waals surface area contributed by atoms with Gasteiger partial charge in [0, 0.05) is 42.5 Å². The number of piperidine rings is 1. The Labute approximate surface area is 268 Å². The fourth-order valence-electron chi connectivity index (χ4n) is 6.42. The molecule has 2 aliphatic rings. The molecule has 2 N–H and O–H groups in total. The van der Waals surface area contributed by atoms with Crippen LogP contribution in [0.25, 0.3) is 27.9 Å². The van der Waals surface area contributed by atoms with E-state index in [0.29, 0.717) is 42.8 Å². The molecule has 46 heavy (non-hydrogen) atoms. The molecular weight excluding hydrogens is 611 g/mol. The lowest BCUT2D eigenvalue weighted by Crippen LogP contribution is -2.43. The number of halogens is 2. The quantitative estimate of drug-likeness (QED) is 0.222. The Morgan fingerprint density at radius 1 is 1.09 bits per heavy atom. The second kappa shape index (κ2) is 12.4. The van der Waals surface area contributed by atoms with E-state index >= 15 is 4.39 Å². The van der Waals surface area contributed by atoms with Crippen molar-refractivity contribution in [3.8, 4) is 27.9 Å². The Morgan fingerprint density at radius 2 is 1.93 bits per heavy atom. The lowest BCUT2D eigenvalue weighted by atomic mass is 9.97. The molecule has 1 saturated heterocycles. The topological polar surface area (TPSA) is 134 Å². The van der Waals surface area contributed by atoms with Crippen LogP contribution in [0.2, 0.25) is 5.02 Å². The molecule has 0 radical (unpaired) electrons. The first-order valence-corrected chi connectivity index (χ1v) is 15.6. The molecule has 2 unspecified atom stereocenters. The number of rotatable bonds is 9. The fraction of sp³-hybridized carbons (Fsp3) is 0.303. The van der Waals surface area contributed by atoms with Gasteiger partial charge >= 0.3 is 5.97 Å². The lowest BCUT2D eigenvalue weighted by molar-refractivity contribution is -0.659. The second-order valence-corrected chi connectivity index (χ2v) is 12.3. The number of pyridine rings is 1. The van der Waals surface area contributed by atoms with E-state index in [2.05, 4.69) is 15.5 Å². The van der Waals surface area contributed by atoms with Gasteiger partial charge in [-0.05, 0) is 55.4 Å². The van der Waals surface area contributed by atoms with Crippen LogP contribution in [0.5, 0.6) is 0 Å². The minimum absolute atomic E-state index is 0.0217. The predicted octanol–water partition coefficient (Wildman–Crippen LogP) is 4.74. The van der Waals surface area contributed by atoms with Crippen molar-refractivity contribution in [1.82, 2.24) is 35.2 Å².